The van der Waals surface area contributed by atoms with Gasteiger partial charge in [0.15, 0.2) is 11.5 Å². The van der Waals surface area contributed by atoms with E-state index in [9.17, 15) is 4.79 Å². The normalized spacial score (nSPS) is 13.3. The van der Waals surface area contributed by atoms with Crippen LogP contribution in [0.5, 0.6) is 11.5 Å². The van der Waals surface area contributed by atoms with Crippen LogP contribution in [-0.2, 0) is 0 Å². The summed E-state index contributed by atoms with van der Waals surface area (Å²) < 4.78 is 12.9. The van der Waals surface area contributed by atoms with Gasteiger partial charge in [0.25, 0.3) is 5.91 Å². The molecule has 0 spiro atoms. The van der Waals surface area contributed by atoms with E-state index >= 15 is 0 Å². The van der Waals surface area contributed by atoms with Crippen LogP contribution in [0.4, 0.5) is 5.69 Å². The van der Waals surface area contributed by atoms with Gasteiger partial charge in [0, 0.05) is 11.6 Å². The molecule has 1 aromatic heterocycles. The summed E-state index contributed by atoms with van der Waals surface area (Å²) >= 11 is 0. The van der Waals surface area contributed by atoms with E-state index < -0.39 is 0 Å². The predicted octanol–water partition coefficient (Wildman–Crippen LogP) is 3.10. The molecule has 23 heavy (non-hydrogen) atoms. The topological polar surface area (TPSA) is 65.4 Å². The summed E-state index contributed by atoms with van der Waals surface area (Å²) in [5.74, 6) is 1.10. The molecule has 6 heteroatoms. The minimum atomic E-state index is -0.184. The van der Waals surface area contributed by atoms with Crippen LogP contribution in [-0.4, -0.2) is 28.9 Å². The predicted molar refractivity (Wildman–Crippen MR) is 87.5 cm³/mol. The molecule has 2 aromatic rings. The standard InChI is InChI=1S/C17H21N3O3/c1-10(2)20-12(4)16(11(3)19-20)18-17(21)13-5-6-14-15(9-13)23-8-7-22-14/h5-6,9-10H,7-8H2,1-4H3,(H,18,21). The second kappa shape index (κ2) is 5.95. The Kier molecular flexibility index (Phi) is 3.98. The first-order valence-electron chi connectivity index (χ1n) is 7.74. The molecule has 1 aromatic carbocycles. The molecule has 0 saturated carbocycles. The van der Waals surface area contributed by atoms with Gasteiger partial charge in [-0.3, -0.25) is 9.48 Å². The van der Waals surface area contributed by atoms with Crippen molar-refractivity contribution in [2.75, 3.05) is 18.5 Å². The Morgan fingerprint density at radius 3 is 2.57 bits per heavy atom. The van der Waals surface area contributed by atoms with E-state index in [1.165, 1.54) is 0 Å². The highest BCUT2D eigenvalue weighted by atomic mass is 16.6. The summed E-state index contributed by atoms with van der Waals surface area (Å²) in [5, 5.41) is 7.44. The Morgan fingerprint density at radius 2 is 1.91 bits per heavy atom. The van der Waals surface area contributed by atoms with E-state index in [0.29, 0.717) is 30.3 Å². The molecule has 0 saturated heterocycles. The third-order valence-corrected chi connectivity index (χ3v) is 3.86. The van der Waals surface area contributed by atoms with Crippen molar-refractivity contribution in [2.24, 2.45) is 0 Å². The molecule has 3 rings (SSSR count). The largest absolute Gasteiger partial charge is 0.486 e. The van der Waals surface area contributed by atoms with Crippen molar-refractivity contribution >= 4 is 11.6 Å². The number of ether oxygens (including phenoxy) is 2. The van der Waals surface area contributed by atoms with Gasteiger partial charge in [-0.15, -0.1) is 0 Å². The summed E-state index contributed by atoms with van der Waals surface area (Å²) in [4.78, 5) is 12.5. The lowest BCUT2D eigenvalue weighted by Gasteiger charge is -2.18. The number of fused-ring (bicyclic) bond motifs is 1. The fourth-order valence-electron chi connectivity index (χ4n) is 2.72. The lowest BCUT2D eigenvalue weighted by molar-refractivity contribution is 0.102. The first-order chi connectivity index (χ1) is 11.0. The highest BCUT2D eigenvalue weighted by molar-refractivity contribution is 6.05. The molecule has 1 amide bonds. The fourth-order valence-corrected chi connectivity index (χ4v) is 2.72. The van der Waals surface area contributed by atoms with Crippen molar-refractivity contribution in [3.63, 3.8) is 0 Å². The molecule has 0 atom stereocenters. The van der Waals surface area contributed by atoms with Crippen LogP contribution in [0.25, 0.3) is 0 Å². The number of aromatic nitrogens is 2. The van der Waals surface area contributed by atoms with Gasteiger partial charge in [0.05, 0.1) is 17.1 Å². The SMILES string of the molecule is Cc1nn(C(C)C)c(C)c1NC(=O)c1ccc2c(c1)OCCO2. The summed E-state index contributed by atoms with van der Waals surface area (Å²) in [6, 6.07) is 5.45. The van der Waals surface area contributed by atoms with Crippen molar-refractivity contribution in [1.82, 2.24) is 9.78 Å². The molecule has 0 unspecified atom stereocenters. The Hall–Kier alpha value is -2.50. The molecule has 0 bridgehead atoms. The molecule has 2 heterocycles. The number of amides is 1. The Bertz CT molecular complexity index is 750. The van der Waals surface area contributed by atoms with Crippen LogP contribution in [0, 0.1) is 13.8 Å². The molecule has 1 aliphatic heterocycles. The number of aryl methyl sites for hydroxylation is 1. The average molecular weight is 315 g/mol. The second-order valence-electron chi connectivity index (χ2n) is 5.90. The van der Waals surface area contributed by atoms with E-state index in [0.717, 1.165) is 17.1 Å². The minimum Gasteiger partial charge on any atom is -0.486 e. The zero-order valence-corrected chi connectivity index (χ0v) is 13.8. The number of anilines is 1. The van der Waals surface area contributed by atoms with Crippen LogP contribution in [0.2, 0.25) is 0 Å². The molecular formula is C17H21N3O3. The van der Waals surface area contributed by atoms with Gasteiger partial charge in [-0.25, -0.2) is 0 Å². The summed E-state index contributed by atoms with van der Waals surface area (Å²) in [6.07, 6.45) is 0. The summed E-state index contributed by atoms with van der Waals surface area (Å²) in [7, 11) is 0. The number of hydrogen-bond acceptors (Lipinski definition) is 4. The zero-order chi connectivity index (χ0) is 16.6. The van der Waals surface area contributed by atoms with Crippen molar-refractivity contribution < 1.29 is 14.3 Å². The Balaban J connectivity index is 1.85. The van der Waals surface area contributed by atoms with Crippen LogP contribution in [0.1, 0.15) is 41.6 Å². The molecule has 1 N–H and O–H groups in total. The van der Waals surface area contributed by atoms with Crippen molar-refractivity contribution in [3.8, 4) is 11.5 Å². The number of benzene rings is 1. The molecule has 122 valence electrons. The van der Waals surface area contributed by atoms with E-state index in [-0.39, 0.29) is 11.9 Å². The number of carbonyl (C=O) groups excluding carboxylic acids is 1. The van der Waals surface area contributed by atoms with Gasteiger partial charge >= 0.3 is 0 Å². The van der Waals surface area contributed by atoms with Gasteiger partial charge in [0.2, 0.25) is 0 Å². The lowest BCUT2D eigenvalue weighted by Crippen LogP contribution is -2.17. The summed E-state index contributed by atoms with van der Waals surface area (Å²) in [5.41, 5.74) is 3.05. The maximum absolute atomic E-state index is 12.5. The molecule has 1 aliphatic rings. The lowest BCUT2D eigenvalue weighted by atomic mass is 10.1. The van der Waals surface area contributed by atoms with E-state index in [4.69, 9.17) is 9.47 Å². The van der Waals surface area contributed by atoms with Crippen LogP contribution >= 0.6 is 0 Å². The Labute approximate surface area is 135 Å². The van der Waals surface area contributed by atoms with Crippen LogP contribution < -0.4 is 14.8 Å². The van der Waals surface area contributed by atoms with Crippen molar-refractivity contribution in [3.05, 3.63) is 35.2 Å². The third-order valence-electron chi connectivity index (χ3n) is 3.86. The van der Waals surface area contributed by atoms with E-state index in [1.54, 1.807) is 18.2 Å². The average Bonchev–Trinajstić information content (AvgIpc) is 2.82. The van der Waals surface area contributed by atoms with Crippen LogP contribution in [0.15, 0.2) is 18.2 Å². The monoisotopic (exact) mass is 315 g/mol. The van der Waals surface area contributed by atoms with E-state index in [1.807, 2.05) is 18.5 Å². The smallest absolute Gasteiger partial charge is 0.255 e. The second-order valence-corrected chi connectivity index (χ2v) is 5.90. The molecule has 0 aliphatic carbocycles. The van der Waals surface area contributed by atoms with Gasteiger partial charge in [-0.05, 0) is 45.9 Å². The molecule has 0 fully saturated rings. The molecule has 0 radical (unpaired) electrons. The minimum absolute atomic E-state index is 0.184. The molecular weight excluding hydrogens is 294 g/mol. The van der Waals surface area contributed by atoms with Gasteiger partial charge in [-0.1, -0.05) is 0 Å². The van der Waals surface area contributed by atoms with Gasteiger partial charge in [0.1, 0.15) is 13.2 Å². The maximum atomic E-state index is 12.5. The number of nitrogens with one attached hydrogen (secondary N) is 1. The number of carbonyl (C=O) groups is 1. The van der Waals surface area contributed by atoms with Crippen LogP contribution in [0.3, 0.4) is 0 Å². The van der Waals surface area contributed by atoms with Crippen molar-refractivity contribution in [1.29, 1.82) is 0 Å². The van der Waals surface area contributed by atoms with Crippen molar-refractivity contribution in [2.45, 2.75) is 33.7 Å². The van der Waals surface area contributed by atoms with Gasteiger partial charge in [-0.2, -0.15) is 5.10 Å². The Morgan fingerprint density at radius 1 is 1.22 bits per heavy atom. The maximum Gasteiger partial charge on any atom is 0.255 e. The number of rotatable bonds is 3. The van der Waals surface area contributed by atoms with E-state index in [2.05, 4.69) is 24.3 Å². The number of hydrogen-bond donors (Lipinski definition) is 1. The molecule has 6 nitrogen and oxygen atoms in total. The highest BCUT2D eigenvalue weighted by Crippen LogP contribution is 2.31. The quantitative estimate of drug-likeness (QED) is 0.945. The third kappa shape index (κ3) is 2.88. The summed E-state index contributed by atoms with van der Waals surface area (Å²) in [6.45, 7) is 9.01. The zero-order valence-electron chi connectivity index (χ0n) is 13.8. The fraction of sp³-hybridized carbons (Fsp3) is 0.412. The highest BCUT2D eigenvalue weighted by Gasteiger charge is 2.19. The first kappa shape index (κ1) is 15.4. The first-order valence-corrected chi connectivity index (χ1v) is 7.74. The van der Waals surface area contributed by atoms with Gasteiger partial charge < -0.3 is 14.8 Å². The number of nitrogens with zero attached hydrogens (tertiary/aromatic N) is 2.